The fraction of sp³-hybridized carbons (Fsp3) is 0.240. The highest BCUT2D eigenvalue weighted by Gasteiger charge is 2.31. The van der Waals surface area contributed by atoms with Gasteiger partial charge in [0.2, 0.25) is 11.2 Å². The van der Waals surface area contributed by atoms with Gasteiger partial charge in [0.15, 0.2) is 11.3 Å². The van der Waals surface area contributed by atoms with Gasteiger partial charge in [0, 0.05) is 24.8 Å². The zero-order valence-electron chi connectivity index (χ0n) is 18.8. The third kappa shape index (κ3) is 3.73. The van der Waals surface area contributed by atoms with Gasteiger partial charge < -0.3 is 23.9 Å². The molecule has 4 rings (SSSR count). The smallest absolute Gasteiger partial charge is 0.338 e. The number of ether oxygens (including phenoxy) is 2. The zero-order chi connectivity index (χ0) is 23.7. The van der Waals surface area contributed by atoms with E-state index in [1.807, 2.05) is 12.1 Å². The molecule has 1 aliphatic heterocycles. The Kier molecular flexibility index (Phi) is 5.91. The second kappa shape index (κ2) is 8.82. The molecule has 2 aromatic carbocycles. The average molecular weight is 448 g/mol. The minimum absolute atomic E-state index is 0.00126. The monoisotopic (exact) mass is 448 g/mol. The summed E-state index contributed by atoms with van der Waals surface area (Å²) in [6.45, 7) is 5.73. The molecule has 0 saturated carbocycles. The molecule has 0 radical (unpaired) electrons. The molecule has 8 nitrogen and oxygen atoms in total. The van der Waals surface area contributed by atoms with E-state index in [0.29, 0.717) is 22.4 Å². The van der Waals surface area contributed by atoms with Crippen LogP contribution in [-0.2, 0) is 0 Å². The van der Waals surface area contributed by atoms with Gasteiger partial charge in [0.1, 0.15) is 22.5 Å². The molecule has 0 fully saturated rings. The van der Waals surface area contributed by atoms with Crippen molar-refractivity contribution in [2.24, 2.45) is 0 Å². The molecule has 8 heteroatoms. The summed E-state index contributed by atoms with van der Waals surface area (Å²) < 4.78 is 16.6. The van der Waals surface area contributed by atoms with Crippen LogP contribution in [0.5, 0.6) is 11.5 Å². The number of hydrogen-bond acceptors (Lipinski definition) is 7. The largest absolute Gasteiger partial charge is 0.497 e. The lowest BCUT2D eigenvalue weighted by Crippen LogP contribution is -2.21. The summed E-state index contributed by atoms with van der Waals surface area (Å²) in [4.78, 5) is 32.5. The topological polar surface area (TPSA) is 102 Å². The van der Waals surface area contributed by atoms with Crippen molar-refractivity contribution in [3.8, 4) is 34.1 Å². The van der Waals surface area contributed by atoms with Gasteiger partial charge in [-0.15, -0.1) is 0 Å². The van der Waals surface area contributed by atoms with Gasteiger partial charge in [0.25, 0.3) is 0 Å². The van der Waals surface area contributed by atoms with Crippen LogP contribution in [0.15, 0.2) is 51.7 Å². The minimum atomic E-state index is -1.28. The summed E-state index contributed by atoms with van der Waals surface area (Å²) in [7, 11) is 2.87. The molecule has 0 bridgehead atoms. The Morgan fingerprint density at radius 1 is 1.06 bits per heavy atom. The van der Waals surface area contributed by atoms with Gasteiger partial charge in [-0.05, 0) is 43.7 Å². The number of rotatable bonds is 7. The van der Waals surface area contributed by atoms with Crippen molar-refractivity contribution in [3.05, 3.63) is 58.3 Å². The molecule has 0 unspecified atom stereocenters. The quantitative estimate of drug-likeness (QED) is 0.412. The zero-order valence-corrected chi connectivity index (χ0v) is 18.8. The van der Waals surface area contributed by atoms with Crippen molar-refractivity contribution >= 4 is 22.8 Å². The SMILES string of the molecule is CCN(CC)c1ccc2nc3c(C(=O)O)c(-c4ccc(OC)cc4)c(=O)c(OC)c-3oc2c1. The van der Waals surface area contributed by atoms with Crippen molar-refractivity contribution in [3.63, 3.8) is 0 Å². The summed E-state index contributed by atoms with van der Waals surface area (Å²) in [5.41, 5.74) is 1.46. The third-order valence-electron chi connectivity index (χ3n) is 5.65. The van der Waals surface area contributed by atoms with E-state index in [0.717, 1.165) is 18.8 Å². The van der Waals surface area contributed by atoms with E-state index in [-0.39, 0.29) is 28.3 Å². The maximum Gasteiger partial charge on any atom is 0.338 e. The maximum absolute atomic E-state index is 13.4. The highest BCUT2D eigenvalue weighted by Crippen LogP contribution is 2.39. The van der Waals surface area contributed by atoms with Crippen molar-refractivity contribution < 1.29 is 23.8 Å². The van der Waals surface area contributed by atoms with Gasteiger partial charge >= 0.3 is 5.97 Å². The lowest BCUT2D eigenvalue weighted by atomic mass is 9.94. The molecule has 0 amide bonds. The number of carboxylic acids is 1. The first-order valence-corrected chi connectivity index (χ1v) is 10.5. The van der Waals surface area contributed by atoms with Crippen molar-refractivity contribution in [1.82, 2.24) is 4.98 Å². The van der Waals surface area contributed by atoms with Crippen LogP contribution in [0.3, 0.4) is 0 Å². The van der Waals surface area contributed by atoms with E-state index < -0.39 is 11.4 Å². The summed E-state index contributed by atoms with van der Waals surface area (Å²) in [5.74, 6) is -0.795. The molecule has 1 aliphatic carbocycles. The van der Waals surface area contributed by atoms with E-state index in [1.54, 1.807) is 30.3 Å². The van der Waals surface area contributed by atoms with E-state index in [2.05, 4.69) is 23.7 Å². The number of aromatic nitrogens is 1. The second-order valence-corrected chi connectivity index (χ2v) is 7.36. The summed E-state index contributed by atoms with van der Waals surface area (Å²) in [5, 5.41) is 10.1. The van der Waals surface area contributed by atoms with Gasteiger partial charge in [-0.3, -0.25) is 4.79 Å². The Morgan fingerprint density at radius 2 is 1.76 bits per heavy atom. The second-order valence-electron chi connectivity index (χ2n) is 7.36. The first-order valence-electron chi connectivity index (χ1n) is 10.5. The molecule has 170 valence electrons. The standard InChI is InChI=1S/C25H24N2O6/c1-5-27(6-2)15-9-12-17-18(13-15)33-23-21(26-17)20(25(29)30)19(22(28)24(23)32-4)14-7-10-16(31-3)11-8-14/h7-13H,5-6H2,1-4H3,(H,29,30). The predicted octanol–water partition coefficient (Wildman–Crippen LogP) is 4.52. The average Bonchev–Trinajstić information content (AvgIpc) is 2.83. The number of aromatic carboxylic acids is 1. The van der Waals surface area contributed by atoms with Crippen LogP contribution in [0.25, 0.3) is 33.7 Å². The Labute approximate surface area is 190 Å². The van der Waals surface area contributed by atoms with E-state index in [9.17, 15) is 14.7 Å². The van der Waals surface area contributed by atoms with Crippen LogP contribution in [0.4, 0.5) is 5.69 Å². The molecule has 0 spiro atoms. The molecule has 0 aromatic heterocycles. The highest BCUT2D eigenvalue weighted by molar-refractivity contribution is 6.04. The number of nitrogens with zero attached hydrogens (tertiary/aromatic N) is 2. The highest BCUT2D eigenvalue weighted by atomic mass is 16.5. The number of carboxylic acid groups (broad SMARTS) is 1. The lowest BCUT2D eigenvalue weighted by Gasteiger charge is -2.21. The summed E-state index contributed by atoms with van der Waals surface area (Å²) in [6.07, 6.45) is 0. The van der Waals surface area contributed by atoms with E-state index >= 15 is 0 Å². The van der Waals surface area contributed by atoms with E-state index in [4.69, 9.17) is 13.9 Å². The number of hydrogen-bond donors (Lipinski definition) is 1. The van der Waals surface area contributed by atoms with Crippen LogP contribution < -0.4 is 19.8 Å². The molecule has 2 aromatic rings. The van der Waals surface area contributed by atoms with Gasteiger partial charge in [0.05, 0.1) is 19.8 Å². The first kappa shape index (κ1) is 22.1. The number of anilines is 1. The Balaban J connectivity index is 2.07. The van der Waals surface area contributed by atoms with Crippen LogP contribution >= 0.6 is 0 Å². The molecular weight excluding hydrogens is 424 g/mol. The molecular formula is C25H24N2O6. The van der Waals surface area contributed by atoms with Crippen LogP contribution in [0, 0.1) is 0 Å². The Bertz CT molecular complexity index is 1360. The molecule has 0 atom stereocenters. The van der Waals surface area contributed by atoms with E-state index in [1.165, 1.54) is 14.2 Å². The van der Waals surface area contributed by atoms with Crippen molar-refractivity contribution in [1.29, 1.82) is 0 Å². The number of benzene rings is 3. The molecule has 1 N–H and O–H groups in total. The molecule has 1 heterocycles. The van der Waals surface area contributed by atoms with Gasteiger partial charge in [-0.25, -0.2) is 9.78 Å². The number of fused-ring (bicyclic) bond motifs is 2. The molecule has 0 saturated heterocycles. The number of carbonyl (C=O) groups is 1. The van der Waals surface area contributed by atoms with Gasteiger partial charge in [-0.1, -0.05) is 12.1 Å². The maximum atomic E-state index is 13.4. The minimum Gasteiger partial charge on any atom is -0.497 e. The van der Waals surface area contributed by atoms with Crippen molar-refractivity contribution in [2.75, 3.05) is 32.2 Å². The fourth-order valence-corrected chi connectivity index (χ4v) is 3.99. The van der Waals surface area contributed by atoms with Crippen LogP contribution in [0.1, 0.15) is 24.2 Å². The fourth-order valence-electron chi connectivity index (χ4n) is 3.99. The summed E-state index contributed by atoms with van der Waals surface area (Å²) >= 11 is 0. The van der Waals surface area contributed by atoms with Crippen LogP contribution in [-0.4, -0.2) is 43.4 Å². The normalized spacial score (nSPS) is 11.0. The Morgan fingerprint density at radius 3 is 2.33 bits per heavy atom. The summed E-state index contributed by atoms with van der Waals surface area (Å²) in [6, 6.07) is 12.1. The predicted molar refractivity (Wildman–Crippen MR) is 126 cm³/mol. The van der Waals surface area contributed by atoms with Crippen LogP contribution in [0.2, 0.25) is 0 Å². The third-order valence-corrected chi connectivity index (χ3v) is 5.65. The molecule has 33 heavy (non-hydrogen) atoms. The first-order chi connectivity index (χ1) is 15.9. The molecule has 2 aliphatic rings. The Hall–Kier alpha value is -4.07. The lowest BCUT2D eigenvalue weighted by molar-refractivity contribution is 0.0698. The van der Waals surface area contributed by atoms with Gasteiger partial charge in [-0.2, -0.15) is 0 Å². The number of methoxy groups -OCH3 is 2. The van der Waals surface area contributed by atoms with Crippen molar-refractivity contribution in [2.45, 2.75) is 13.8 Å².